The van der Waals surface area contributed by atoms with Crippen molar-refractivity contribution in [1.82, 2.24) is 0 Å². The maximum absolute atomic E-state index is 9.74. The molecule has 0 spiro atoms. The summed E-state index contributed by atoms with van der Waals surface area (Å²) in [5.41, 5.74) is 0. The van der Waals surface area contributed by atoms with Gasteiger partial charge in [0.1, 0.15) is 0 Å². The molecule has 0 bridgehead atoms. The fourth-order valence-electron chi connectivity index (χ4n) is 2.63. The van der Waals surface area contributed by atoms with E-state index in [9.17, 15) is 5.11 Å². The fraction of sp³-hybridized carbons (Fsp3) is 1.00. The fourth-order valence-corrected chi connectivity index (χ4v) is 2.63. The molecule has 1 heteroatoms. The van der Waals surface area contributed by atoms with Gasteiger partial charge >= 0.3 is 0 Å². The van der Waals surface area contributed by atoms with E-state index in [2.05, 4.69) is 34.6 Å². The summed E-state index contributed by atoms with van der Waals surface area (Å²) in [5.74, 6) is 2.72. The maximum Gasteiger partial charge on any atom is 0.0542 e. The van der Waals surface area contributed by atoms with Gasteiger partial charge in [-0.05, 0) is 37.0 Å². The van der Waals surface area contributed by atoms with Gasteiger partial charge < -0.3 is 5.11 Å². The van der Waals surface area contributed by atoms with E-state index < -0.39 is 0 Å². The second-order valence-corrected chi connectivity index (χ2v) is 6.66. The zero-order chi connectivity index (χ0) is 13.4. The number of hydrogen-bond donors (Lipinski definition) is 1. The Morgan fingerprint density at radius 2 is 1.35 bits per heavy atom. The molecule has 0 aromatic heterocycles. The van der Waals surface area contributed by atoms with Crippen LogP contribution in [-0.4, -0.2) is 11.2 Å². The van der Waals surface area contributed by atoms with Gasteiger partial charge in [0.25, 0.3) is 0 Å². The van der Waals surface area contributed by atoms with Crippen molar-refractivity contribution in [2.45, 2.75) is 79.8 Å². The Hall–Kier alpha value is -0.0400. The van der Waals surface area contributed by atoms with Gasteiger partial charge in [-0.2, -0.15) is 0 Å². The van der Waals surface area contributed by atoms with Crippen LogP contribution in [0.5, 0.6) is 0 Å². The third-order valence-corrected chi connectivity index (χ3v) is 3.95. The highest BCUT2D eigenvalue weighted by molar-refractivity contribution is 4.70. The van der Waals surface area contributed by atoms with Gasteiger partial charge in [-0.25, -0.2) is 0 Å². The van der Waals surface area contributed by atoms with Crippen molar-refractivity contribution in [2.75, 3.05) is 0 Å². The summed E-state index contributed by atoms with van der Waals surface area (Å²) < 4.78 is 0. The smallest absolute Gasteiger partial charge is 0.0542 e. The molecule has 0 aromatic rings. The van der Waals surface area contributed by atoms with Gasteiger partial charge in [-0.15, -0.1) is 0 Å². The Kier molecular flexibility index (Phi) is 8.94. The van der Waals surface area contributed by atoms with Crippen LogP contribution in [0.4, 0.5) is 0 Å². The van der Waals surface area contributed by atoms with Crippen molar-refractivity contribution in [3.8, 4) is 0 Å². The zero-order valence-electron chi connectivity index (χ0n) is 12.9. The Bertz CT molecular complexity index is 164. The van der Waals surface area contributed by atoms with E-state index in [-0.39, 0.29) is 6.10 Å². The average molecular weight is 242 g/mol. The molecule has 0 amide bonds. The second kappa shape index (κ2) is 8.97. The third kappa shape index (κ3) is 8.65. The van der Waals surface area contributed by atoms with Crippen molar-refractivity contribution in [3.05, 3.63) is 0 Å². The van der Waals surface area contributed by atoms with E-state index in [1.807, 2.05) is 6.92 Å². The third-order valence-electron chi connectivity index (χ3n) is 3.95. The van der Waals surface area contributed by atoms with Crippen molar-refractivity contribution in [2.24, 2.45) is 23.7 Å². The molecule has 0 saturated heterocycles. The highest BCUT2D eigenvalue weighted by Crippen LogP contribution is 2.25. The largest absolute Gasteiger partial charge is 0.393 e. The van der Waals surface area contributed by atoms with Crippen LogP contribution in [0.3, 0.4) is 0 Å². The molecule has 0 fully saturated rings. The number of rotatable bonds is 9. The van der Waals surface area contributed by atoms with Crippen molar-refractivity contribution < 1.29 is 5.11 Å². The van der Waals surface area contributed by atoms with Gasteiger partial charge in [0.05, 0.1) is 6.10 Å². The highest BCUT2D eigenvalue weighted by atomic mass is 16.3. The van der Waals surface area contributed by atoms with Gasteiger partial charge in [0.15, 0.2) is 0 Å². The lowest BCUT2D eigenvalue weighted by atomic mass is 9.84. The van der Waals surface area contributed by atoms with Crippen molar-refractivity contribution >= 4 is 0 Å². The summed E-state index contributed by atoms with van der Waals surface area (Å²) in [6.07, 6.45) is 6.36. The number of aliphatic hydroxyl groups excluding tert-OH is 1. The Morgan fingerprint density at radius 3 is 1.76 bits per heavy atom. The minimum Gasteiger partial charge on any atom is -0.393 e. The quantitative estimate of drug-likeness (QED) is 0.611. The topological polar surface area (TPSA) is 20.2 Å². The predicted octanol–water partition coefficient (Wildman–Crippen LogP) is 4.88. The van der Waals surface area contributed by atoms with E-state index in [0.717, 1.165) is 11.8 Å². The molecule has 0 rings (SSSR count). The van der Waals surface area contributed by atoms with Crippen LogP contribution < -0.4 is 0 Å². The molecular weight excluding hydrogens is 208 g/mol. The molecule has 0 aliphatic heterocycles. The minimum absolute atomic E-state index is 0.155. The van der Waals surface area contributed by atoms with Crippen LogP contribution in [-0.2, 0) is 0 Å². The summed E-state index contributed by atoms with van der Waals surface area (Å²) in [5, 5.41) is 9.74. The lowest BCUT2D eigenvalue weighted by Gasteiger charge is -2.25. The van der Waals surface area contributed by atoms with Crippen LogP contribution in [0.2, 0.25) is 0 Å². The monoisotopic (exact) mass is 242 g/mol. The lowest BCUT2D eigenvalue weighted by molar-refractivity contribution is 0.0873. The van der Waals surface area contributed by atoms with Crippen molar-refractivity contribution in [1.29, 1.82) is 0 Å². The first-order chi connectivity index (χ1) is 7.84. The molecule has 17 heavy (non-hydrogen) atoms. The lowest BCUT2D eigenvalue weighted by Crippen LogP contribution is -2.22. The zero-order valence-corrected chi connectivity index (χ0v) is 12.9. The van der Waals surface area contributed by atoms with E-state index >= 15 is 0 Å². The summed E-state index contributed by atoms with van der Waals surface area (Å²) in [6, 6.07) is 0. The van der Waals surface area contributed by atoms with Crippen molar-refractivity contribution in [3.63, 3.8) is 0 Å². The van der Waals surface area contributed by atoms with Crippen LogP contribution in [0, 0.1) is 23.7 Å². The number of aliphatic hydroxyl groups is 1. The van der Waals surface area contributed by atoms with Gasteiger partial charge in [-0.1, -0.05) is 60.3 Å². The molecule has 0 aliphatic carbocycles. The molecule has 1 nitrogen and oxygen atoms in total. The molecule has 3 atom stereocenters. The summed E-state index contributed by atoms with van der Waals surface area (Å²) >= 11 is 0. The molecule has 0 aliphatic rings. The van der Waals surface area contributed by atoms with Gasteiger partial charge in [-0.3, -0.25) is 0 Å². The summed E-state index contributed by atoms with van der Waals surface area (Å²) in [6.45, 7) is 13.3. The molecule has 0 aromatic carbocycles. The standard InChI is InChI=1S/C16H34O/c1-12(2)8-7-9-14(5)10-11-16(13(3)4)15(6)17/h12-17H,7-11H2,1-6H3. The summed E-state index contributed by atoms with van der Waals surface area (Å²) in [7, 11) is 0. The van der Waals surface area contributed by atoms with Crippen LogP contribution in [0.1, 0.15) is 73.6 Å². The minimum atomic E-state index is -0.155. The Labute approximate surface area is 109 Å². The molecule has 3 unspecified atom stereocenters. The summed E-state index contributed by atoms with van der Waals surface area (Å²) in [4.78, 5) is 0. The van der Waals surface area contributed by atoms with Crippen LogP contribution in [0.15, 0.2) is 0 Å². The molecule has 0 saturated carbocycles. The number of hydrogen-bond acceptors (Lipinski definition) is 1. The van der Waals surface area contributed by atoms with Crippen LogP contribution >= 0.6 is 0 Å². The second-order valence-electron chi connectivity index (χ2n) is 6.66. The predicted molar refractivity (Wildman–Crippen MR) is 77.1 cm³/mol. The van der Waals surface area contributed by atoms with E-state index in [4.69, 9.17) is 0 Å². The first-order valence-corrected chi connectivity index (χ1v) is 7.52. The Morgan fingerprint density at radius 1 is 0.765 bits per heavy atom. The molecular formula is C16H34O. The highest BCUT2D eigenvalue weighted by Gasteiger charge is 2.19. The first-order valence-electron chi connectivity index (χ1n) is 7.52. The van der Waals surface area contributed by atoms with E-state index in [1.165, 1.54) is 32.1 Å². The Balaban J connectivity index is 3.77. The van der Waals surface area contributed by atoms with E-state index in [0.29, 0.717) is 11.8 Å². The van der Waals surface area contributed by atoms with Gasteiger partial charge in [0.2, 0.25) is 0 Å². The molecule has 104 valence electrons. The van der Waals surface area contributed by atoms with Crippen LogP contribution in [0.25, 0.3) is 0 Å². The SMILES string of the molecule is CC(C)CCCC(C)CCC(C(C)C)C(C)O. The molecule has 1 N–H and O–H groups in total. The normalized spacial score (nSPS) is 17.5. The van der Waals surface area contributed by atoms with E-state index in [1.54, 1.807) is 0 Å². The van der Waals surface area contributed by atoms with Gasteiger partial charge in [0, 0.05) is 0 Å². The molecule has 0 radical (unpaired) electrons. The average Bonchev–Trinajstić information content (AvgIpc) is 2.15. The maximum atomic E-state index is 9.74. The molecule has 0 heterocycles. The first kappa shape index (κ1) is 17.0.